The number of hydrogen-bond donors (Lipinski definition) is 2. The summed E-state index contributed by atoms with van der Waals surface area (Å²) in [5.74, 6) is -1.56. The van der Waals surface area contributed by atoms with Crippen LogP contribution in [0.5, 0.6) is 0 Å². The van der Waals surface area contributed by atoms with E-state index in [0.717, 1.165) is 11.1 Å². The summed E-state index contributed by atoms with van der Waals surface area (Å²) in [6.45, 7) is 3.34. The van der Waals surface area contributed by atoms with Crippen LogP contribution in [0.2, 0.25) is 0 Å². The van der Waals surface area contributed by atoms with Crippen molar-refractivity contribution < 1.29 is 24.0 Å². The number of nitrogens with zero attached hydrogens (tertiary/aromatic N) is 1. The predicted molar refractivity (Wildman–Crippen MR) is 106 cm³/mol. The summed E-state index contributed by atoms with van der Waals surface area (Å²) in [6.07, 6.45) is -0.116. The molecule has 29 heavy (non-hydrogen) atoms. The molecule has 0 aliphatic heterocycles. The third-order valence-corrected chi connectivity index (χ3v) is 3.99. The number of hydrogen-bond acceptors (Lipinski definition) is 6. The molecule has 0 fully saturated rings. The smallest absolute Gasteiger partial charge is 0.308 e. The van der Waals surface area contributed by atoms with Gasteiger partial charge in [0.25, 0.3) is 17.5 Å². The first-order valence-electron chi connectivity index (χ1n) is 8.81. The molecule has 2 aromatic rings. The number of non-ortho nitro benzene ring substituents is 1. The molecule has 9 heteroatoms. The highest BCUT2D eigenvalue weighted by Crippen LogP contribution is 2.16. The lowest BCUT2D eigenvalue weighted by molar-refractivity contribution is -0.384. The van der Waals surface area contributed by atoms with Gasteiger partial charge in [-0.15, -0.1) is 0 Å². The van der Waals surface area contributed by atoms with Crippen LogP contribution in [-0.2, 0) is 14.3 Å². The Bertz CT molecular complexity index is 924. The topological polar surface area (TPSA) is 128 Å². The molecule has 9 nitrogen and oxygen atoms in total. The number of amides is 2. The Labute approximate surface area is 167 Å². The Balaban J connectivity index is 1.71. The molecular formula is C20H21N3O6. The molecule has 0 heterocycles. The highest BCUT2D eigenvalue weighted by Gasteiger charge is 2.12. The fourth-order valence-corrected chi connectivity index (χ4v) is 2.39. The standard InChI is InChI=1S/C20H21N3O6/c1-13-3-4-14(2)17(11-13)22-18(24)12-29-19(25)9-10-21-20(26)15-5-7-16(8-6-15)23(27)28/h3-8,11H,9-10,12H2,1-2H3,(H,21,26)(H,22,24). The molecular weight excluding hydrogens is 378 g/mol. The summed E-state index contributed by atoms with van der Waals surface area (Å²) in [5, 5.41) is 15.8. The van der Waals surface area contributed by atoms with Gasteiger partial charge in [-0.3, -0.25) is 24.5 Å². The van der Waals surface area contributed by atoms with Gasteiger partial charge in [-0.05, 0) is 43.2 Å². The highest BCUT2D eigenvalue weighted by molar-refractivity contribution is 5.95. The number of ether oxygens (including phenoxy) is 1. The summed E-state index contributed by atoms with van der Waals surface area (Å²) in [4.78, 5) is 45.6. The Morgan fingerprint density at radius 1 is 1.07 bits per heavy atom. The van der Waals surface area contributed by atoms with Gasteiger partial charge in [0.15, 0.2) is 6.61 Å². The largest absolute Gasteiger partial charge is 0.456 e. The van der Waals surface area contributed by atoms with Crippen LogP contribution < -0.4 is 10.6 Å². The normalized spacial score (nSPS) is 10.1. The molecule has 0 aliphatic carbocycles. The number of nitrogens with one attached hydrogen (secondary N) is 2. The van der Waals surface area contributed by atoms with E-state index >= 15 is 0 Å². The van der Waals surface area contributed by atoms with Crippen molar-refractivity contribution in [1.29, 1.82) is 0 Å². The van der Waals surface area contributed by atoms with Gasteiger partial charge in [0.2, 0.25) is 0 Å². The SMILES string of the molecule is Cc1ccc(C)c(NC(=O)COC(=O)CCNC(=O)c2ccc([N+](=O)[O-])cc2)c1. The Hall–Kier alpha value is -3.75. The van der Waals surface area contributed by atoms with Crippen molar-refractivity contribution >= 4 is 29.2 Å². The van der Waals surface area contributed by atoms with E-state index in [9.17, 15) is 24.5 Å². The van der Waals surface area contributed by atoms with Crippen molar-refractivity contribution in [3.05, 3.63) is 69.3 Å². The second-order valence-corrected chi connectivity index (χ2v) is 6.34. The molecule has 0 saturated carbocycles. The van der Waals surface area contributed by atoms with E-state index in [4.69, 9.17) is 4.74 Å². The second kappa shape index (κ2) is 9.98. The summed E-state index contributed by atoms with van der Waals surface area (Å²) < 4.78 is 4.90. The number of esters is 1. The van der Waals surface area contributed by atoms with Gasteiger partial charge in [-0.25, -0.2) is 0 Å². The fourth-order valence-electron chi connectivity index (χ4n) is 2.39. The first-order chi connectivity index (χ1) is 13.8. The van der Waals surface area contributed by atoms with E-state index < -0.39 is 29.3 Å². The molecule has 0 spiro atoms. The molecule has 0 radical (unpaired) electrons. The zero-order valence-electron chi connectivity index (χ0n) is 16.1. The van der Waals surface area contributed by atoms with Crippen molar-refractivity contribution in [3.63, 3.8) is 0 Å². The van der Waals surface area contributed by atoms with Crippen LogP contribution in [0.4, 0.5) is 11.4 Å². The molecule has 0 aliphatic rings. The number of aryl methyl sites for hydroxylation is 2. The monoisotopic (exact) mass is 399 g/mol. The van der Waals surface area contributed by atoms with Crippen molar-refractivity contribution in [2.24, 2.45) is 0 Å². The van der Waals surface area contributed by atoms with Crippen LogP contribution in [-0.4, -0.2) is 35.9 Å². The summed E-state index contributed by atoms with van der Waals surface area (Å²) in [7, 11) is 0. The fraction of sp³-hybridized carbons (Fsp3) is 0.250. The van der Waals surface area contributed by atoms with Crippen molar-refractivity contribution in [2.45, 2.75) is 20.3 Å². The van der Waals surface area contributed by atoms with E-state index in [1.165, 1.54) is 24.3 Å². The Kier molecular flexibility index (Phi) is 7.41. The maximum atomic E-state index is 11.9. The maximum absolute atomic E-state index is 11.9. The molecule has 152 valence electrons. The Morgan fingerprint density at radius 3 is 2.41 bits per heavy atom. The first-order valence-corrected chi connectivity index (χ1v) is 8.81. The average Bonchev–Trinajstić information content (AvgIpc) is 2.69. The molecule has 0 aromatic heterocycles. The average molecular weight is 399 g/mol. The van der Waals surface area contributed by atoms with E-state index in [1.54, 1.807) is 0 Å². The minimum absolute atomic E-state index is 0.00720. The lowest BCUT2D eigenvalue weighted by atomic mass is 10.1. The molecule has 0 atom stereocenters. The number of anilines is 1. The summed E-state index contributed by atoms with van der Waals surface area (Å²) >= 11 is 0. The zero-order valence-corrected chi connectivity index (χ0v) is 16.1. The summed E-state index contributed by atoms with van der Waals surface area (Å²) in [6, 6.07) is 10.7. The van der Waals surface area contributed by atoms with E-state index in [2.05, 4.69) is 10.6 Å². The zero-order chi connectivity index (χ0) is 21.4. The van der Waals surface area contributed by atoms with Crippen LogP contribution in [0.3, 0.4) is 0 Å². The van der Waals surface area contributed by atoms with Gasteiger partial charge in [0.1, 0.15) is 0 Å². The maximum Gasteiger partial charge on any atom is 0.308 e. The minimum Gasteiger partial charge on any atom is -0.456 e. The quantitative estimate of drug-likeness (QED) is 0.399. The third-order valence-electron chi connectivity index (χ3n) is 3.99. The summed E-state index contributed by atoms with van der Waals surface area (Å²) in [5.41, 5.74) is 2.65. The number of benzene rings is 2. The molecule has 0 bridgehead atoms. The number of rotatable bonds is 8. The predicted octanol–water partition coefficient (Wildman–Crippen LogP) is 2.51. The van der Waals surface area contributed by atoms with Crippen molar-refractivity contribution in [3.8, 4) is 0 Å². The first kappa shape index (κ1) is 21.5. The van der Waals surface area contributed by atoms with Crippen LogP contribution in [0.25, 0.3) is 0 Å². The minimum atomic E-state index is -0.634. The van der Waals surface area contributed by atoms with Crippen LogP contribution in [0.1, 0.15) is 27.9 Å². The molecule has 0 saturated heterocycles. The van der Waals surface area contributed by atoms with Gasteiger partial charge >= 0.3 is 5.97 Å². The number of carbonyl (C=O) groups is 3. The van der Waals surface area contributed by atoms with E-state index in [-0.39, 0.29) is 24.2 Å². The molecule has 2 rings (SSSR count). The van der Waals surface area contributed by atoms with Gasteiger partial charge < -0.3 is 15.4 Å². The van der Waals surface area contributed by atoms with Gasteiger partial charge in [-0.2, -0.15) is 0 Å². The van der Waals surface area contributed by atoms with Crippen molar-refractivity contribution in [1.82, 2.24) is 5.32 Å². The lowest BCUT2D eigenvalue weighted by Crippen LogP contribution is -2.27. The molecule has 2 N–H and O–H groups in total. The van der Waals surface area contributed by atoms with Crippen LogP contribution in [0.15, 0.2) is 42.5 Å². The van der Waals surface area contributed by atoms with Crippen molar-refractivity contribution in [2.75, 3.05) is 18.5 Å². The molecule has 2 aromatic carbocycles. The number of nitro groups is 1. The highest BCUT2D eigenvalue weighted by atomic mass is 16.6. The Morgan fingerprint density at radius 2 is 1.76 bits per heavy atom. The van der Waals surface area contributed by atoms with Gasteiger partial charge in [0.05, 0.1) is 11.3 Å². The van der Waals surface area contributed by atoms with Gasteiger partial charge in [0, 0.05) is 29.9 Å². The molecule has 0 unspecified atom stereocenters. The van der Waals surface area contributed by atoms with Crippen LogP contribution >= 0.6 is 0 Å². The number of carbonyl (C=O) groups excluding carboxylic acids is 3. The third kappa shape index (κ3) is 6.73. The number of nitro benzene ring substituents is 1. The second-order valence-electron chi connectivity index (χ2n) is 6.34. The molecule has 2 amide bonds. The lowest BCUT2D eigenvalue weighted by Gasteiger charge is -2.10. The van der Waals surface area contributed by atoms with Crippen LogP contribution in [0, 0.1) is 24.0 Å². The van der Waals surface area contributed by atoms with E-state index in [1.807, 2.05) is 32.0 Å². The van der Waals surface area contributed by atoms with Gasteiger partial charge in [-0.1, -0.05) is 12.1 Å². The van der Waals surface area contributed by atoms with E-state index in [0.29, 0.717) is 5.69 Å².